The molecular formula is C14H21NO6. The van der Waals surface area contributed by atoms with Gasteiger partial charge in [-0.2, -0.15) is 0 Å². The minimum atomic E-state index is -0.626. The van der Waals surface area contributed by atoms with Crippen LogP contribution in [0.4, 0.5) is 4.79 Å². The molecule has 1 heterocycles. The van der Waals surface area contributed by atoms with Gasteiger partial charge >= 0.3 is 12.1 Å². The van der Waals surface area contributed by atoms with Crippen molar-refractivity contribution >= 4 is 12.1 Å². The lowest BCUT2D eigenvalue weighted by atomic mass is 10.2. The number of esters is 1. The highest BCUT2D eigenvalue weighted by Gasteiger charge is 2.21. The molecule has 1 amide bonds. The van der Waals surface area contributed by atoms with E-state index in [1.807, 2.05) is 0 Å². The molecule has 0 unspecified atom stereocenters. The third kappa shape index (κ3) is 5.47. The van der Waals surface area contributed by atoms with Gasteiger partial charge in [0.15, 0.2) is 0 Å². The zero-order chi connectivity index (χ0) is 16.0. The number of amides is 1. The van der Waals surface area contributed by atoms with Crippen LogP contribution in [0.5, 0.6) is 0 Å². The maximum Gasteiger partial charge on any atom is 0.408 e. The predicted molar refractivity (Wildman–Crippen MR) is 73.7 cm³/mol. The number of aliphatic hydroxyl groups excluding tert-OH is 1. The summed E-state index contributed by atoms with van der Waals surface area (Å²) >= 11 is 0. The van der Waals surface area contributed by atoms with Crippen molar-refractivity contribution in [2.24, 2.45) is 0 Å². The van der Waals surface area contributed by atoms with Crippen molar-refractivity contribution in [2.45, 2.75) is 46.4 Å². The fraction of sp³-hybridized carbons (Fsp3) is 0.571. The smallest absolute Gasteiger partial charge is 0.408 e. The van der Waals surface area contributed by atoms with Crippen LogP contribution in [0.2, 0.25) is 0 Å². The summed E-state index contributed by atoms with van der Waals surface area (Å²) in [4.78, 5) is 23.3. The van der Waals surface area contributed by atoms with E-state index in [4.69, 9.17) is 19.0 Å². The molecular weight excluding hydrogens is 278 g/mol. The van der Waals surface area contributed by atoms with E-state index in [1.54, 1.807) is 27.7 Å². The molecule has 0 aliphatic rings. The normalized spacial score (nSPS) is 11.1. The molecule has 0 aliphatic carbocycles. The second-order valence-corrected chi connectivity index (χ2v) is 5.28. The zero-order valence-corrected chi connectivity index (χ0v) is 12.7. The number of hydrogen-bond acceptors (Lipinski definition) is 6. The molecule has 0 spiro atoms. The van der Waals surface area contributed by atoms with Crippen LogP contribution in [0.1, 0.15) is 49.6 Å². The second kappa shape index (κ2) is 7.12. The Morgan fingerprint density at radius 3 is 2.57 bits per heavy atom. The third-order valence-corrected chi connectivity index (χ3v) is 2.30. The zero-order valence-electron chi connectivity index (χ0n) is 12.7. The summed E-state index contributed by atoms with van der Waals surface area (Å²) in [5.74, 6) is -0.135. The Kier molecular flexibility index (Phi) is 5.78. The lowest BCUT2D eigenvalue weighted by Gasteiger charge is -2.19. The molecule has 0 saturated carbocycles. The predicted octanol–water partition coefficient (Wildman–Crippen LogP) is 1.97. The highest BCUT2D eigenvalue weighted by molar-refractivity contribution is 5.90. The van der Waals surface area contributed by atoms with Gasteiger partial charge in [0, 0.05) is 0 Å². The Bertz CT molecular complexity index is 500. The van der Waals surface area contributed by atoms with E-state index in [0.717, 1.165) is 0 Å². The van der Waals surface area contributed by atoms with E-state index in [2.05, 4.69) is 5.32 Å². The van der Waals surface area contributed by atoms with Gasteiger partial charge in [-0.15, -0.1) is 0 Å². The highest BCUT2D eigenvalue weighted by atomic mass is 16.6. The molecule has 0 saturated heterocycles. The van der Waals surface area contributed by atoms with Crippen molar-refractivity contribution in [1.29, 1.82) is 0 Å². The quantitative estimate of drug-likeness (QED) is 0.807. The number of furan rings is 1. The largest absolute Gasteiger partial charge is 0.462 e. The average molecular weight is 299 g/mol. The molecule has 21 heavy (non-hydrogen) atoms. The first-order chi connectivity index (χ1) is 9.76. The molecule has 0 bridgehead atoms. The molecule has 1 aromatic rings. The van der Waals surface area contributed by atoms with Crippen LogP contribution in [-0.4, -0.2) is 29.4 Å². The molecule has 0 fully saturated rings. The maximum absolute atomic E-state index is 11.8. The van der Waals surface area contributed by atoms with Crippen molar-refractivity contribution in [3.05, 3.63) is 23.2 Å². The fourth-order valence-electron chi connectivity index (χ4n) is 1.54. The number of rotatable bonds is 5. The molecule has 2 N–H and O–H groups in total. The van der Waals surface area contributed by atoms with Gasteiger partial charge in [-0.05, 0) is 33.8 Å². The van der Waals surface area contributed by atoms with E-state index in [1.165, 1.54) is 6.07 Å². The van der Waals surface area contributed by atoms with Crippen molar-refractivity contribution in [1.82, 2.24) is 5.32 Å². The summed E-state index contributed by atoms with van der Waals surface area (Å²) in [5.41, 5.74) is -0.440. The summed E-state index contributed by atoms with van der Waals surface area (Å²) in [7, 11) is 0. The number of hydrogen-bond donors (Lipinski definition) is 2. The van der Waals surface area contributed by atoms with Gasteiger partial charge in [-0.3, -0.25) is 0 Å². The van der Waals surface area contributed by atoms with Crippen molar-refractivity contribution in [2.75, 3.05) is 6.61 Å². The molecule has 0 aromatic carbocycles. The number of carbonyl (C=O) groups is 2. The molecule has 0 aliphatic heterocycles. The van der Waals surface area contributed by atoms with E-state index in [0.29, 0.717) is 0 Å². The van der Waals surface area contributed by atoms with Crippen LogP contribution in [0.25, 0.3) is 0 Å². The minimum Gasteiger partial charge on any atom is -0.462 e. The van der Waals surface area contributed by atoms with Gasteiger partial charge in [0.25, 0.3) is 0 Å². The van der Waals surface area contributed by atoms with Crippen molar-refractivity contribution in [3.63, 3.8) is 0 Å². The first-order valence-corrected chi connectivity index (χ1v) is 6.63. The standard InChI is InChI=1S/C14H21NO6/c1-5-19-12(17)10-6-9(8-16)20-11(10)7-15-13(18)21-14(2,3)4/h6,16H,5,7-8H2,1-4H3,(H,15,18). The number of aliphatic hydroxyl groups is 1. The summed E-state index contributed by atoms with van der Waals surface area (Å²) in [6.07, 6.45) is -0.626. The molecule has 0 radical (unpaired) electrons. The lowest BCUT2D eigenvalue weighted by Crippen LogP contribution is -2.32. The van der Waals surface area contributed by atoms with Crippen molar-refractivity contribution in [3.8, 4) is 0 Å². The van der Waals surface area contributed by atoms with Crippen LogP contribution in [-0.2, 0) is 22.6 Å². The molecule has 7 heteroatoms. The number of carbonyl (C=O) groups excluding carboxylic acids is 2. The molecule has 118 valence electrons. The van der Waals surface area contributed by atoms with E-state index in [-0.39, 0.29) is 36.8 Å². The van der Waals surface area contributed by atoms with Crippen LogP contribution in [0, 0.1) is 0 Å². The van der Waals surface area contributed by atoms with Crippen LogP contribution in [0.3, 0.4) is 0 Å². The number of alkyl carbamates (subject to hydrolysis) is 1. The van der Waals surface area contributed by atoms with Gasteiger partial charge in [0.1, 0.15) is 29.3 Å². The van der Waals surface area contributed by atoms with E-state index < -0.39 is 17.7 Å². The monoisotopic (exact) mass is 299 g/mol. The Hall–Kier alpha value is -2.02. The van der Waals surface area contributed by atoms with Gasteiger partial charge in [-0.1, -0.05) is 0 Å². The summed E-state index contributed by atoms with van der Waals surface area (Å²) in [5, 5.41) is 11.5. The maximum atomic E-state index is 11.8. The highest BCUT2D eigenvalue weighted by Crippen LogP contribution is 2.17. The number of nitrogens with one attached hydrogen (secondary N) is 1. The topological polar surface area (TPSA) is 98.0 Å². The Balaban J connectivity index is 2.75. The van der Waals surface area contributed by atoms with Gasteiger partial charge in [0.05, 0.1) is 13.2 Å². The molecule has 7 nitrogen and oxygen atoms in total. The molecule has 1 rings (SSSR count). The lowest BCUT2D eigenvalue weighted by molar-refractivity contribution is 0.0497. The number of ether oxygens (including phenoxy) is 2. The SMILES string of the molecule is CCOC(=O)c1cc(CO)oc1CNC(=O)OC(C)(C)C. The van der Waals surface area contributed by atoms with Gasteiger partial charge in [0.2, 0.25) is 0 Å². The Labute approximate surface area is 123 Å². The Morgan fingerprint density at radius 1 is 1.38 bits per heavy atom. The third-order valence-electron chi connectivity index (χ3n) is 2.30. The minimum absolute atomic E-state index is 0.0386. The summed E-state index contributed by atoms with van der Waals surface area (Å²) in [6, 6.07) is 1.39. The first kappa shape index (κ1) is 17.0. The van der Waals surface area contributed by atoms with Crippen LogP contribution in [0.15, 0.2) is 10.5 Å². The summed E-state index contributed by atoms with van der Waals surface area (Å²) in [6.45, 7) is 6.75. The second-order valence-electron chi connectivity index (χ2n) is 5.28. The fourth-order valence-corrected chi connectivity index (χ4v) is 1.54. The molecule has 0 atom stereocenters. The van der Waals surface area contributed by atoms with E-state index in [9.17, 15) is 9.59 Å². The first-order valence-electron chi connectivity index (χ1n) is 6.63. The summed E-state index contributed by atoms with van der Waals surface area (Å²) < 4.78 is 15.3. The van der Waals surface area contributed by atoms with Gasteiger partial charge < -0.3 is 24.3 Å². The van der Waals surface area contributed by atoms with Gasteiger partial charge in [-0.25, -0.2) is 9.59 Å². The average Bonchev–Trinajstić information content (AvgIpc) is 2.78. The van der Waals surface area contributed by atoms with Crippen molar-refractivity contribution < 1.29 is 28.6 Å². The van der Waals surface area contributed by atoms with Crippen LogP contribution >= 0.6 is 0 Å². The Morgan fingerprint density at radius 2 is 2.05 bits per heavy atom. The van der Waals surface area contributed by atoms with E-state index >= 15 is 0 Å². The van der Waals surface area contributed by atoms with Crippen LogP contribution < -0.4 is 5.32 Å². The molecule has 1 aromatic heterocycles.